The largest absolute Gasteiger partial charge is 0.481 e. The van der Waals surface area contributed by atoms with Crippen LogP contribution in [0.5, 0.6) is 0 Å². The molecular weight excluding hydrogens is 442 g/mol. The fraction of sp³-hybridized carbons (Fsp3) is 0.788. The van der Waals surface area contributed by atoms with Gasteiger partial charge in [-0.1, -0.05) is 153 Å². The van der Waals surface area contributed by atoms with E-state index in [1.165, 1.54) is 121 Å². The van der Waals surface area contributed by atoms with E-state index in [2.05, 4.69) is 63.2 Å². The van der Waals surface area contributed by atoms with Crippen molar-refractivity contribution in [3.05, 3.63) is 35.9 Å². The van der Waals surface area contributed by atoms with Crippen LogP contribution in [0.3, 0.4) is 0 Å². The minimum atomic E-state index is -0.670. The lowest BCUT2D eigenvalue weighted by Crippen LogP contribution is -2.30. The number of likely N-dealkylation sites (N-methyl/N-ethyl adjacent to an activating group) is 1. The number of nitrogens with zero attached hydrogens (tertiary/aromatic N) is 1. The number of carbonyl (C=O) groups is 1. The second kappa shape index (κ2) is 26.7. The molecule has 1 rings (SSSR count). The molecule has 0 radical (unpaired) electrons. The third kappa shape index (κ3) is 24.3. The first-order chi connectivity index (χ1) is 17.5. The van der Waals surface area contributed by atoms with Gasteiger partial charge in [-0.2, -0.15) is 0 Å². The molecule has 0 aliphatic rings. The molecule has 1 N–H and O–H groups in total. The maximum absolute atomic E-state index is 10.0. The second-order valence-corrected chi connectivity index (χ2v) is 10.9. The molecule has 0 heterocycles. The molecule has 0 saturated carbocycles. The number of rotatable bonds is 23. The first-order valence-electron chi connectivity index (χ1n) is 15.4. The Bertz CT molecular complexity index is 572. The van der Waals surface area contributed by atoms with Crippen molar-refractivity contribution in [2.45, 2.75) is 155 Å². The molecule has 1 atom stereocenters. The molecule has 1 aromatic rings. The minimum Gasteiger partial charge on any atom is -0.481 e. The second-order valence-electron chi connectivity index (χ2n) is 10.9. The zero-order valence-corrected chi connectivity index (χ0v) is 24.6. The van der Waals surface area contributed by atoms with Crippen molar-refractivity contribution < 1.29 is 9.90 Å². The molecule has 0 fully saturated rings. The van der Waals surface area contributed by atoms with Crippen LogP contribution >= 0.6 is 0 Å². The van der Waals surface area contributed by atoms with Gasteiger partial charge in [-0.25, -0.2) is 0 Å². The molecule has 0 spiro atoms. The fourth-order valence-corrected chi connectivity index (χ4v) is 4.71. The van der Waals surface area contributed by atoms with Crippen LogP contribution in [0, 0.1) is 0 Å². The van der Waals surface area contributed by atoms with Crippen LogP contribution in [0.2, 0.25) is 0 Å². The number of hydrogen-bond donors (Lipinski definition) is 1. The molecule has 36 heavy (non-hydrogen) atoms. The average Bonchev–Trinajstić information content (AvgIpc) is 2.86. The number of benzene rings is 1. The summed E-state index contributed by atoms with van der Waals surface area (Å²) < 4.78 is 0. The van der Waals surface area contributed by atoms with Crippen LogP contribution in [0.1, 0.15) is 148 Å². The van der Waals surface area contributed by atoms with Gasteiger partial charge >= 0.3 is 5.97 Å². The molecule has 0 aromatic heterocycles. The number of aliphatic carboxylic acids is 1. The number of carboxylic acids is 1. The Morgan fingerprint density at radius 1 is 0.667 bits per heavy atom. The Morgan fingerprint density at radius 2 is 1.08 bits per heavy atom. The smallest absolute Gasteiger partial charge is 0.303 e. The summed E-state index contributed by atoms with van der Waals surface area (Å²) in [5, 5.41) is 8.27. The SMILES string of the molecule is CCCCCCCC(=O)O.CCCCCCCCCCCCCCCC(Cc1ccccc1)N(C)C. The van der Waals surface area contributed by atoms with Crippen molar-refractivity contribution in [2.24, 2.45) is 0 Å². The summed E-state index contributed by atoms with van der Waals surface area (Å²) >= 11 is 0. The number of carboxylic acid groups (broad SMARTS) is 1. The van der Waals surface area contributed by atoms with E-state index in [1.807, 2.05) is 0 Å². The molecule has 1 unspecified atom stereocenters. The van der Waals surface area contributed by atoms with Gasteiger partial charge in [0.05, 0.1) is 0 Å². The summed E-state index contributed by atoms with van der Waals surface area (Å²) in [6, 6.07) is 11.6. The summed E-state index contributed by atoms with van der Waals surface area (Å²) in [6.45, 7) is 4.45. The summed E-state index contributed by atoms with van der Waals surface area (Å²) in [5.74, 6) is -0.670. The molecule has 3 nitrogen and oxygen atoms in total. The molecular formula is C33H61NO2. The Balaban J connectivity index is 0.00000103. The highest BCUT2D eigenvalue weighted by Gasteiger charge is 2.11. The third-order valence-corrected chi connectivity index (χ3v) is 7.18. The van der Waals surface area contributed by atoms with Gasteiger partial charge in [0.15, 0.2) is 0 Å². The maximum Gasteiger partial charge on any atom is 0.303 e. The predicted molar refractivity (Wildman–Crippen MR) is 159 cm³/mol. The van der Waals surface area contributed by atoms with Crippen molar-refractivity contribution in [3.63, 3.8) is 0 Å². The van der Waals surface area contributed by atoms with E-state index in [0.29, 0.717) is 12.5 Å². The maximum atomic E-state index is 10.0. The Kier molecular flexibility index (Phi) is 25.7. The quantitative estimate of drug-likeness (QED) is 0.151. The normalized spacial score (nSPS) is 11.8. The lowest BCUT2D eigenvalue weighted by molar-refractivity contribution is -0.137. The third-order valence-electron chi connectivity index (χ3n) is 7.18. The Labute approximate surface area is 225 Å². The van der Waals surface area contributed by atoms with Crippen LogP contribution in [0.4, 0.5) is 0 Å². The molecule has 0 aliphatic carbocycles. The lowest BCUT2D eigenvalue weighted by atomic mass is 9.98. The fourth-order valence-electron chi connectivity index (χ4n) is 4.71. The Hall–Kier alpha value is -1.35. The highest BCUT2D eigenvalue weighted by atomic mass is 16.4. The zero-order valence-electron chi connectivity index (χ0n) is 24.6. The number of unbranched alkanes of at least 4 members (excludes halogenated alkanes) is 16. The molecule has 0 aliphatic heterocycles. The zero-order chi connectivity index (χ0) is 26.7. The molecule has 0 bridgehead atoms. The van der Waals surface area contributed by atoms with Crippen molar-refractivity contribution in [1.82, 2.24) is 4.90 Å². The standard InChI is InChI=1S/C25H45N.C8H16O2/c1-4-5-6-7-8-9-10-11-12-13-14-15-19-22-25(26(2)3)23-24-20-17-16-18-21-24;1-2-3-4-5-6-7-8(9)10/h16-18,20-21,25H,4-15,19,22-23H2,1-3H3;2-7H2,1H3,(H,9,10). The monoisotopic (exact) mass is 503 g/mol. The first-order valence-corrected chi connectivity index (χ1v) is 15.4. The topological polar surface area (TPSA) is 40.5 Å². The van der Waals surface area contributed by atoms with Crippen molar-refractivity contribution in [2.75, 3.05) is 14.1 Å². The lowest BCUT2D eigenvalue weighted by Gasteiger charge is -2.24. The van der Waals surface area contributed by atoms with Gasteiger partial charge in [-0.3, -0.25) is 4.79 Å². The molecule has 1 aromatic carbocycles. The van der Waals surface area contributed by atoms with Crippen molar-refractivity contribution in [3.8, 4) is 0 Å². The van der Waals surface area contributed by atoms with Crippen molar-refractivity contribution in [1.29, 1.82) is 0 Å². The van der Waals surface area contributed by atoms with Gasteiger partial charge in [0.1, 0.15) is 0 Å². The van der Waals surface area contributed by atoms with Crippen LogP contribution in [0.25, 0.3) is 0 Å². The Morgan fingerprint density at radius 3 is 1.50 bits per heavy atom. The van der Waals surface area contributed by atoms with Gasteiger partial charge in [0.2, 0.25) is 0 Å². The van der Waals surface area contributed by atoms with E-state index >= 15 is 0 Å². The van der Waals surface area contributed by atoms with E-state index in [-0.39, 0.29) is 0 Å². The van der Waals surface area contributed by atoms with Crippen LogP contribution < -0.4 is 0 Å². The van der Waals surface area contributed by atoms with Gasteiger partial charge in [-0.05, 0) is 38.9 Å². The van der Waals surface area contributed by atoms with E-state index < -0.39 is 5.97 Å². The van der Waals surface area contributed by atoms with Gasteiger partial charge in [0, 0.05) is 12.5 Å². The van der Waals surface area contributed by atoms with E-state index in [0.717, 1.165) is 12.8 Å². The number of hydrogen-bond acceptors (Lipinski definition) is 2. The van der Waals surface area contributed by atoms with Crippen molar-refractivity contribution >= 4 is 5.97 Å². The van der Waals surface area contributed by atoms with Gasteiger partial charge in [0.25, 0.3) is 0 Å². The van der Waals surface area contributed by atoms with E-state index in [9.17, 15) is 4.79 Å². The summed E-state index contributed by atoms with van der Waals surface area (Å²) in [7, 11) is 4.46. The average molecular weight is 504 g/mol. The van der Waals surface area contributed by atoms with E-state index in [1.54, 1.807) is 0 Å². The minimum absolute atomic E-state index is 0.337. The molecule has 0 saturated heterocycles. The van der Waals surface area contributed by atoms with Gasteiger partial charge in [-0.15, -0.1) is 0 Å². The summed E-state index contributed by atoms with van der Waals surface area (Å²) in [5.41, 5.74) is 1.47. The van der Waals surface area contributed by atoms with E-state index in [4.69, 9.17) is 5.11 Å². The first kappa shape index (κ1) is 34.6. The van der Waals surface area contributed by atoms with Gasteiger partial charge < -0.3 is 10.0 Å². The highest BCUT2D eigenvalue weighted by Crippen LogP contribution is 2.16. The predicted octanol–water partition coefficient (Wildman–Crippen LogP) is 10.1. The molecule has 210 valence electrons. The van der Waals surface area contributed by atoms with Crippen LogP contribution in [0.15, 0.2) is 30.3 Å². The molecule has 3 heteroatoms. The highest BCUT2D eigenvalue weighted by molar-refractivity contribution is 5.66. The van der Waals surface area contributed by atoms with Crippen LogP contribution in [-0.4, -0.2) is 36.1 Å². The van der Waals surface area contributed by atoms with Crippen LogP contribution in [-0.2, 0) is 11.2 Å². The molecule has 0 amide bonds. The summed E-state index contributed by atoms with van der Waals surface area (Å²) in [6.07, 6.45) is 27.1. The summed E-state index contributed by atoms with van der Waals surface area (Å²) in [4.78, 5) is 12.4.